The smallest absolute Gasteiger partial charge is 0.127 e. The minimum absolute atomic E-state index is 0.786. The van der Waals surface area contributed by atoms with E-state index in [0.717, 1.165) is 11.5 Å². The largest absolute Gasteiger partial charge is 0.457 e. The van der Waals surface area contributed by atoms with E-state index < -0.39 is 0 Å². The van der Waals surface area contributed by atoms with Gasteiger partial charge in [0.25, 0.3) is 0 Å². The summed E-state index contributed by atoms with van der Waals surface area (Å²) >= 11 is 0. The van der Waals surface area contributed by atoms with Crippen LogP contribution in [0.25, 0.3) is 0 Å². The highest BCUT2D eigenvalue weighted by molar-refractivity contribution is 5.27. The van der Waals surface area contributed by atoms with Crippen molar-refractivity contribution in [2.24, 2.45) is 0 Å². The Hall–Kier alpha value is -1.76. The van der Waals surface area contributed by atoms with Crippen LogP contribution in [0.1, 0.15) is 6.92 Å². The first-order chi connectivity index (χ1) is 6.86. The molecule has 1 aromatic rings. The summed E-state index contributed by atoms with van der Waals surface area (Å²) in [4.78, 5) is 0. The second-order valence-electron chi connectivity index (χ2n) is 2.72. The van der Waals surface area contributed by atoms with Crippen LogP contribution in [0, 0.1) is 0 Å². The molecule has 1 aromatic carbocycles. The van der Waals surface area contributed by atoms with Crippen LogP contribution in [-0.4, -0.2) is 0 Å². The van der Waals surface area contributed by atoms with Crippen LogP contribution in [0.15, 0.2) is 67.0 Å². The molecule has 0 unspecified atom stereocenters. The Balaban J connectivity index is 2.75. The van der Waals surface area contributed by atoms with E-state index in [2.05, 4.69) is 6.58 Å². The number of allylic oxidation sites excluding steroid dienone is 4. The zero-order valence-electron chi connectivity index (χ0n) is 8.31. The third-order valence-electron chi connectivity index (χ3n) is 1.59. The zero-order valence-corrected chi connectivity index (χ0v) is 8.31. The molecule has 0 radical (unpaired) electrons. The molecule has 0 saturated heterocycles. The van der Waals surface area contributed by atoms with Crippen molar-refractivity contribution in [3.8, 4) is 5.75 Å². The summed E-state index contributed by atoms with van der Waals surface area (Å²) in [5, 5.41) is 0. The van der Waals surface area contributed by atoms with Crippen LogP contribution in [0.3, 0.4) is 0 Å². The van der Waals surface area contributed by atoms with Gasteiger partial charge < -0.3 is 4.74 Å². The SMILES string of the molecule is C=C/C=C(\C=C/C)Oc1ccccc1. The monoisotopic (exact) mass is 186 g/mol. The molecule has 0 amide bonds. The van der Waals surface area contributed by atoms with Gasteiger partial charge in [0.1, 0.15) is 11.5 Å². The number of para-hydroxylation sites is 1. The normalized spacial score (nSPS) is 11.6. The summed E-state index contributed by atoms with van der Waals surface area (Å²) in [5.41, 5.74) is 0. The first-order valence-corrected chi connectivity index (χ1v) is 4.55. The fourth-order valence-corrected chi connectivity index (χ4v) is 1.03. The minimum atomic E-state index is 0.786. The van der Waals surface area contributed by atoms with Gasteiger partial charge in [0, 0.05) is 0 Å². The van der Waals surface area contributed by atoms with Crippen molar-refractivity contribution >= 4 is 0 Å². The molecular formula is C13H14O. The molecule has 72 valence electrons. The summed E-state index contributed by atoms with van der Waals surface area (Å²) in [7, 11) is 0. The molecule has 0 N–H and O–H groups in total. The summed E-state index contributed by atoms with van der Waals surface area (Å²) < 4.78 is 5.60. The molecule has 0 aliphatic heterocycles. The summed E-state index contributed by atoms with van der Waals surface area (Å²) in [6.07, 6.45) is 7.36. The van der Waals surface area contributed by atoms with Crippen LogP contribution in [0.5, 0.6) is 5.75 Å². The van der Waals surface area contributed by atoms with E-state index in [1.165, 1.54) is 0 Å². The Bertz CT molecular complexity index is 334. The van der Waals surface area contributed by atoms with Crippen molar-refractivity contribution in [3.05, 3.63) is 67.0 Å². The second kappa shape index (κ2) is 5.81. The first-order valence-electron chi connectivity index (χ1n) is 4.55. The van der Waals surface area contributed by atoms with Gasteiger partial charge in [-0.3, -0.25) is 0 Å². The fraction of sp³-hybridized carbons (Fsp3) is 0.0769. The Kier molecular flexibility index (Phi) is 4.29. The van der Waals surface area contributed by atoms with Crippen molar-refractivity contribution in [1.29, 1.82) is 0 Å². The van der Waals surface area contributed by atoms with Gasteiger partial charge in [0.15, 0.2) is 0 Å². The molecule has 0 fully saturated rings. The third kappa shape index (κ3) is 3.31. The van der Waals surface area contributed by atoms with E-state index in [-0.39, 0.29) is 0 Å². The van der Waals surface area contributed by atoms with Crippen molar-refractivity contribution in [3.63, 3.8) is 0 Å². The van der Waals surface area contributed by atoms with Crippen LogP contribution < -0.4 is 4.74 Å². The van der Waals surface area contributed by atoms with E-state index >= 15 is 0 Å². The standard InChI is InChI=1S/C13H14O/c1-3-8-12(9-4-2)14-13-10-6-5-7-11-13/h3-11H,1H2,2H3/b9-4-,12-8+. The fourth-order valence-electron chi connectivity index (χ4n) is 1.03. The Morgan fingerprint density at radius 2 is 2.00 bits per heavy atom. The predicted octanol–water partition coefficient (Wildman–Crippen LogP) is 3.71. The van der Waals surface area contributed by atoms with Gasteiger partial charge in [-0.05, 0) is 31.2 Å². The highest BCUT2D eigenvalue weighted by Crippen LogP contribution is 2.13. The number of hydrogen-bond donors (Lipinski definition) is 0. The van der Waals surface area contributed by atoms with Crippen molar-refractivity contribution in [1.82, 2.24) is 0 Å². The van der Waals surface area contributed by atoms with Gasteiger partial charge in [-0.15, -0.1) is 0 Å². The molecule has 1 nitrogen and oxygen atoms in total. The zero-order chi connectivity index (χ0) is 10.2. The van der Waals surface area contributed by atoms with Gasteiger partial charge in [-0.1, -0.05) is 36.9 Å². The third-order valence-corrected chi connectivity index (χ3v) is 1.59. The molecule has 0 saturated carbocycles. The van der Waals surface area contributed by atoms with E-state index in [4.69, 9.17) is 4.74 Å². The molecule has 0 aliphatic carbocycles. The Labute approximate surface area is 85.0 Å². The summed E-state index contributed by atoms with van der Waals surface area (Å²) in [5.74, 6) is 1.62. The summed E-state index contributed by atoms with van der Waals surface area (Å²) in [6.45, 7) is 5.58. The maximum Gasteiger partial charge on any atom is 0.127 e. The maximum absolute atomic E-state index is 5.60. The lowest BCUT2D eigenvalue weighted by atomic mass is 10.3. The number of rotatable bonds is 4. The quantitative estimate of drug-likeness (QED) is 0.514. The van der Waals surface area contributed by atoms with Gasteiger partial charge >= 0.3 is 0 Å². The molecule has 0 spiro atoms. The molecule has 1 rings (SSSR count). The van der Waals surface area contributed by atoms with Gasteiger partial charge in [-0.25, -0.2) is 0 Å². The van der Waals surface area contributed by atoms with Gasteiger partial charge in [0.05, 0.1) is 0 Å². The summed E-state index contributed by atoms with van der Waals surface area (Å²) in [6, 6.07) is 9.67. The molecule has 0 atom stereocenters. The molecule has 0 aliphatic rings. The average Bonchev–Trinajstić information content (AvgIpc) is 2.20. The highest BCUT2D eigenvalue weighted by atomic mass is 16.5. The lowest BCUT2D eigenvalue weighted by molar-refractivity contribution is 0.444. The van der Waals surface area contributed by atoms with E-state index in [1.54, 1.807) is 6.08 Å². The topological polar surface area (TPSA) is 9.23 Å². The number of hydrogen-bond acceptors (Lipinski definition) is 1. The number of ether oxygens (including phenoxy) is 1. The molecule has 0 bridgehead atoms. The van der Waals surface area contributed by atoms with Crippen LogP contribution in [0.4, 0.5) is 0 Å². The van der Waals surface area contributed by atoms with Crippen molar-refractivity contribution in [2.45, 2.75) is 6.92 Å². The lowest BCUT2D eigenvalue weighted by Gasteiger charge is -2.04. The molecule has 0 heterocycles. The Morgan fingerprint density at radius 1 is 1.29 bits per heavy atom. The van der Waals surface area contributed by atoms with Crippen LogP contribution in [0.2, 0.25) is 0 Å². The molecule has 14 heavy (non-hydrogen) atoms. The lowest BCUT2D eigenvalue weighted by Crippen LogP contribution is -1.90. The van der Waals surface area contributed by atoms with Crippen LogP contribution >= 0.6 is 0 Å². The second-order valence-corrected chi connectivity index (χ2v) is 2.72. The number of benzene rings is 1. The van der Waals surface area contributed by atoms with Crippen molar-refractivity contribution < 1.29 is 4.74 Å². The molecular weight excluding hydrogens is 172 g/mol. The van der Waals surface area contributed by atoms with E-state index in [0.29, 0.717) is 0 Å². The molecule has 1 heteroatoms. The maximum atomic E-state index is 5.60. The van der Waals surface area contributed by atoms with Crippen molar-refractivity contribution in [2.75, 3.05) is 0 Å². The van der Waals surface area contributed by atoms with E-state index in [1.807, 2.05) is 55.5 Å². The first kappa shape index (κ1) is 10.3. The minimum Gasteiger partial charge on any atom is -0.457 e. The predicted molar refractivity (Wildman–Crippen MR) is 60.2 cm³/mol. The van der Waals surface area contributed by atoms with Gasteiger partial charge in [-0.2, -0.15) is 0 Å². The van der Waals surface area contributed by atoms with E-state index in [9.17, 15) is 0 Å². The Morgan fingerprint density at radius 3 is 2.57 bits per heavy atom. The van der Waals surface area contributed by atoms with Crippen LogP contribution in [-0.2, 0) is 0 Å². The highest BCUT2D eigenvalue weighted by Gasteiger charge is 1.93. The molecule has 0 aromatic heterocycles. The average molecular weight is 186 g/mol. The van der Waals surface area contributed by atoms with Gasteiger partial charge in [0.2, 0.25) is 0 Å².